The van der Waals surface area contributed by atoms with Crippen molar-refractivity contribution < 1.29 is 19.0 Å². The third kappa shape index (κ3) is 4.88. The van der Waals surface area contributed by atoms with Crippen LogP contribution in [0.4, 0.5) is 0 Å². The van der Waals surface area contributed by atoms with Crippen LogP contribution >= 0.6 is 0 Å². The molecule has 1 N–H and O–H groups in total. The summed E-state index contributed by atoms with van der Waals surface area (Å²) in [5.41, 5.74) is 2.16. The zero-order chi connectivity index (χ0) is 22.0. The topological polar surface area (TPSA) is 82.5 Å². The van der Waals surface area contributed by atoms with Crippen LogP contribution in [0.3, 0.4) is 0 Å². The minimum atomic E-state index is -0.557. The van der Waals surface area contributed by atoms with Gasteiger partial charge in [-0.05, 0) is 38.1 Å². The van der Waals surface area contributed by atoms with E-state index in [4.69, 9.17) is 14.2 Å². The quantitative estimate of drug-likeness (QED) is 0.586. The van der Waals surface area contributed by atoms with Gasteiger partial charge >= 0.3 is 5.69 Å². The highest BCUT2D eigenvalue weighted by atomic mass is 16.6. The van der Waals surface area contributed by atoms with Gasteiger partial charge in [0.1, 0.15) is 42.2 Å². The van der Waals surface area contributed by atoms with Gasteiger partial charge in [0.15, 0.2) is 5.78 Å². The Morgan fingerprint density at radius 3 is 2.26 bits per heavy atom. The van der Waals surface area contributed by atoms with Gasteiger partial charge in [0.05, 0.1) is 0 Å². The first-order valence-corrected chi connectivity index (χ1v) is 10.3. The molecule has 0 radical (unpaired) electrons. The van der Waals surface area contributed by atoms with E-state index >= 15 is 0 Å². The van der Waals surface area contributed by atoms with E-state index in [0.29, 0.717) is 6.42 Å². The number of rotatable bonds is 7. The number of nitrogens with one attached hydrogen (secondary N) is 1. The highest BCUT2D eigenvalue weighted by molar-refractivity contribution is 5.91. The maximum absolute atomic E-state index is 12.4. The van der Waals surface area contributed by atoms with Crippen molar-refractivity contribution in [1.29, 1.82) is 0 Å². The highest BCUT2D eigenvalue weighted by Crippen LogP contribution is 2.32. The first kappa shape index (κ1) is 20.9. The molecule has 3 atom stereocenters. The Labute approximate surface area is 180 Å². The first-order valence-electron chi connectivity index (χ1n) is 10.3. The largest absolute Gasteiger partial charge is 0.491 e. The van der Waals surface area contributed by atoms with E-state index in [1.54, 1.807) is 0 Å². The Balaban J connectivity index is 1.53. The monoisotopic (exact) mass is 422 g/mol. The van der Waals surface area contributed by atoms with Crippen molar-refractivity contribution in [2.45, 2.75) is 45.6 Å². The Kier molecular flexibility index (Phi) is 5.95. The van der Waals surface area contributed by atoms with Gasteiger partial charge in [-0.2, -0.15) is 0 Å². The summed E-state index contributed by atoms with van der Waals surface area (Å²) in [5.74, 6) is 1.26. The van der Waals surface area contributed by atoms with Crippen molar-refractivity contribution in [3.63, 3.8) is 0 Å². The summed E-state index contributed by atoms with van der Waals surface area (Å²) in [7, 11) is 0. The minimum absolute atomic E-state index is 0.208. The average molecular weight is 422 g/mol. The molecule has 1 saturated heterocycles. The Morgan fingerprint density at radius 2 is 1.68 bits per heavy atom. The van der Waals surface area contributed by atoms with Crippen LogP contribution in [0.1, 0.15) is 41.2 Å². The number of ether oxygens (including phenoxy) is 3. The highest BCUT2D eigenvalue weighted by Gasteiger charge is 2.39. The lowest BCUT2D eigenvalue weighted by molar-refractivity contribution is -0.0365. The lowest BCUT2D eigenvalue weighted by Crippen LogP contribution is -2.32. The molecule has 0 unspecified atom stereocenters. The van der Waals surface area contributed by atoms with Crippen molar-refractivity contribution in [2.24, 2.45) is 0 Å². The number of carbonyl (C=O) groups excluding carboxylic acids is 1. The molecular formula is C24H26N2O5. The van der Waals surface area contributed by atoms with Crippen molar-refractivity contribution in [2.75, 3.05) is 6.61 Å². The lowest BCUT2D eigenvalue weighted by Gasteiger charge is -2.20. The molecule has 31 heavy (non-hydrogen) atoms. The zero-order valence-electron chi connectivity index (χ0n) is 17.8. The molecule has 1 fully saturated rings. The van der Waals surface area contributed by atoms with Crippen LogP contribution in [0.25, 0.3) is 0 Å². The standard InChI is InChI=1S/C24H26N2O5/c1-15-4-8-18(9-5-15)29-14-22-21(30-19-10-6-16(2)7-11-19)12-23(31-22)26-13-20(17(3)27)25-24(26)28/h4-11,13,21-23H,12,14H2,1-3H3,(H,25,28)/t21-,22+,23-/m0/s1. The molecule has 2 aromatic carbocycles. The maximum Gasteiger partial charge on any atom is 0.328 e. The number of aromatic nitrogens is 2. The van der Waals surface area contributed by atoms with Gasteiger partial charge in [-0.15, -0.1) is 0 Å². The Bertz CT molecular complexity index is 1100. The van der Waals surface area contributed by atoms with Gasteiger partial charge in [0.2, 0.25) is 0 Å². The second-order valence-electron chi connectivity index (χ2n) is 7.89. The average Bonchev–Trinajstić information content (AvgIpc) is 3.32. The smallest absolute Gasteiger partial charge is 0.328 e. The zero-order valence-corrected chi connectivity index (χ0v) is 17.8. The van der Waals surface area contributed by atoms with E-state index < -0.39 is 12.3 Å². The summed E-state index contributed by atoms with van der Waals surface area (Å²) in [5, 5.41) is 0. The van der Waals surface area contributed by atoms with E-state index in [1.807, 2.05) is 62.4 Å². The molecule has 1 aliphatic heterocycles. The van der Waals surface area contributed by atoms with E-state index in [9.17, 15) is 9.59 Å². The van der Waals surface area contributed by atoms with Crippen LogP contribution in [-0.2, 0) is 4.74 Å². The molecule has 7 heteroatoms. The first-order chi connectivity index (χ1) is 14.9. The number of carbonyl (C=O) groups is 1. The second kappa shape index (κ2) is 8.81. The van der Waals surface area contributed by atoms with Crippen LogP contribution in [0, 0.1) is 13.8 Å². The summed E-state index contributed by atoms with van der Waals surface area (Å²) in [6.07, 6.45) is 0.682. The molecule has 162 valence electrons. The van der Waals surface area contributed by atoms with Crippen LogP contribution in [0.15, 0.2) is 59.5 Å². The minimum Gasteiger partial charge on any atom is -0.491 e. The fraction of sp³-hybridized carbons (Fsp3) is 0.333. The molecule has 0 bridgehead atoms. The molecular weight excluding hydrogens is 396 g/mol. The van der Waals surface area contributed by atoms with Gasteiger partial charge in [-0.1, -0.05) is 35.4 Å². The number of nitrogens with zero attached hydrogens (tertiary/aromatic N) is 1. The Hall–Kier alpha value is -3.32. The van der Waals surface area contributed by atoms with Gasteiger partial charge in [-0.3, -0.25) is 9.36 Å². The summed E-state index contributed by atoms with van der Waals surface area (Å²) in [4.78, 5) is 26.6. The molecule has 4 rings (SSSR count). The molecule has 7 nitrogen and oxygen atoms in total. The van der Waals surface area contributed by atoms with Crippen LogP contribution in [0.5, 0.6) is 11.5 Å². The number of aryl methyl sites for hydroxylation is 2. The van der Waals surface area contributed by atoms with Crippen LogP contribution < -0.4 is 15.2 Å². The van der Waals surface area contributed by atoms with Gasteiger partial charge < -0.3 is 19.2 Å². The third-order valence-electron chi connectivity index (χ3n) is 5.36. The molecule has 0 amide bonds. The fourth-order valence-electron chi connectivity index (χ4n) is 3.55. The molecule has 0 saturated carbocycles. The number of imidazole rings is 1. The van der Waals surface area contributed by atoms with E-state index in [0.717, 1.165) is 22.6 Å². The molecule has 2 heterocycles. The van der Waals surface area contributed by atoms with E-state index in [-0.39, 0.29) is 29.9 Å². The number of hydrogen-bond acceptors (Lipinski definition) is 5. The van der Waals surface area contributed by atoms with Crippen molar-refractivity contribution in [1.82, 2.24) is 9.55 Å². The van der Waals surface area contributed by atoms with Gasteiger partial charge in [0.25, 0.3) is 0 Å². The summed E-state index contributed by atoms with van der Waals surface area (Å²) < 4.78 is 19.7. The molecule has 1 aliphatic rings. The molecule has 3 aromatic rings. The summed E-state index contributed by atoms with van der Waals surface area (Å²) >= 11 is 0. The normalized spacial score (nSPS) is 20.5. The van der Waals surface area contributed by atoms with Gasteiger partial charge in [-0.25, -0.2) is 4.79 Å². The number of ketones is 1. The number of benzene rings is 2. The van der Waals surface area contributed by atoms with E-state index in [2.05, 4.69) is 4.98 Å². The number of hydrogen-bond donors (Lipinski definition) is 1. The van der Waals surface area contributed by atoms with Crippen molar-refractivity contribution in [3.8, 4) is 11.5 Å². The summed E-state index contributed by atoms with van der Waals surface area (Å²) in [6.45, 7) is 5.72. The fourth-order valence-corrected chi connectivity index (χ4v) is 3.55. The number of H-pyrrole nitrogens is 1. The van der Waals surface area contributed by atoms with Gasteiger partial charge in [0, 0.05) is 19.5 Å². The number of Topliss-reactive ketones (excluding diaryl/α,β-unsaturated/α-hetero) is 1. The van der Waals surface area contributed by atoms with Crippen LogP contribution in [0.2, 0.25) is 0 Å². The SMILES string of the molecule is CC(=O)c1cn([C@@H]2C[C@H](Oc3ccc(C)cc3)[C@@H](COc3ccc(C)cc3)O2)c(=O)[nH]1. The van der Waals surface area contributed by atoms with Crippen molar-refractivity contribution in [3.05, 3.63) is 82.0 Å². The van der Waals surface area contributed by atoms with Crippen LogP contribution in [-0.4, -0.2) is 34.1 Å². The predicted octanol–water partition coefficient (Wildman–Crippen LogP) is 3.81. The molecule has 1 aromatic heterocycles. The van der Waals surface area contributed by atoms with E-state index in [1.165, 1.54) is 17.7 Å². The maximum atomic E-state index is 12.4. The molecule has 0 spiro atoms. The third-order valence-corrected chi connectivity index (χ3v) is 5.36. The van der Waals surface area contributed by atoms with Crippen molar-refractivity contribution >= 4 is 5.78 Å². The molecule has 0 aliphatic carbocycles. The number of aromatic amines is 1. The second-order valence-corrected chi connectivity index (χ2v) is 7.89. The summed E-state index contributed by atoms with van der Waals surface area (Å²) in [6, 6.07) is 15.6. The Morgan fingerprint density at radius 1 is 1.06 bits per heavy atom. The predicted molar refractivity (Wildman–Crippen MR) is 116 cm³/mol. The lowest BCUT2D eigenvalue weighted by atomic mass is 10.1.